The van der Waals surface area contributed by atoms with E-state index in [2.05, 4.69) is 26.3 Å². The van der Waals surface area contributed by atoms with E-state index in [1.54, 1.807) is 0 Å². The van der Waals surface area contributed by atoms with Gasteiger partial charge in [-0.15, -0.1) is 0 Å². The second-order valence-electron chi connectivity index (χ2n) is 5.13. The zero-order valence-corrected chi connectivity index (χ0v) is 14.2. The van der Waals surface area contributed by atoms with Crippen LogP contribution in [0.15, 0.2) is 28.7 Å². The first-order chi connectivity index (χ1) is 10.0. The molecule has 0 fully saturated rings. The quantitative estimate of drug-likeness (QED) is 0.841. The van der Waals surface area contributed by atoms with E-state index in [1.807, 2.05) is 49.7 Å². The lowest BCUT2D eigenvalue weighted by Gasteiger charge is -2.08. The van der Waals surface area contributed by atoms with Crippen molar-refractivity contribution in [2.24, 2.45) is 0 Å². The van der Waals surface area contributed by atoms with Crippen LogP contribution in [-0.4, -0.2) is 22.2 Å². The zero-order valence-electron chi connectivity index (χ0n) is 12.6. The fourth-order valence-electron chi connectivity index (χ4n) is 2.25. The lowest BCUT2D eigenvalue weighted by Crippen LogP contribution is -2.26. The number of benzene rings is 1. The molecule has 0 saturated heterocycles. The average Bonchev–Trinajstić information content (AvgIpc) is 2.71. The van der Waals surface area contributed by atoms with Crippen molar-refractivity contribution in [2.45, 2.75) is 33.7 Å². The third-order valence-electron chi connectivity index (χ3n) is 3.52. The fourth-order valence-corrected chi connectivity index (χ4v) is 2.53. The standard InChI is InChI=1S/C16H20BrN3O/c1-11-7-4-5-8-14(11)16(21)18-9-6-10-20-13(3)15(17)12(2)19-20/h4-5,7-8H,6,9-10H2,1-3H3,(H,18,21). The molecule has 0 aliphatic heterocycles. The van der Waals surface area contributed by atoms with Crippen LogP contribution in [0.1, 0.15) is 33.7 Å². The maximum atomic E-state index is 12.1. The fraction of sp³-hybridized carbons (Fsp3) is 0.375. The Labute approximate surface area is 133 Å². The summed E-state index contributed by atoms with van der Waals surface area (Å²) in [5, 5.41) is 7.41. The Morgan fingerprint density at radius 1 is 1.29 bits per heavy atom. The van der Waals surface area contributed by atoms with Crippen LogP contribution in [0.25, 0.3) is 0 Å². The highest BCUT2D eigenvalue weighted by molar-refractivity contribution is 9.10. The maximum Gasteiger partial charge on any atom is 0.251 e. The van der Waals surface area contributed by atoms with Crippen LogP contribution < -0.4 is 5.32 Å². The molecule has 0 radical (unpaired) electrons. The summed E-state index contributed by atoms with van der Waals surface area (Å²) in [4.78, 5) is 12.1. The van der Waals surface area contributed by atoms with Crippen LogP contribution >= 0.6 is 15.9 Å². The number of carbonyl (C=O) groups excluding carboxylic acids is 1. The third kappa shape index (κ3) is 3.73. The van der Waals surface area contributed by atoms with Gasteiger partial charge in [0.15, 0.2) is 0 Å². The molecular formula is C16H20BrN3O. The molecule has 5 heteroatoms. The summed E-state index contributed by atoms with van der Waals surface area (Å²) < 4.78 is 3.03. The van der Waals surface area contributed by atoms with Gasteiger partial charge in [-0.2, -0.15) is 5.10 Å². The number of halogens is 1. The number of hydrogen-bond acceptors (Lipinski definition) is 2. The van der Waals surface area contributed by atoms with Crippen molar-refractivity contribution in [3.63, 3.8) is 0 Å². The van der Waals surface area contributed by atoms with Crippen LogP contribution in [0.5, 0.6) is 0 Å². The van der Waals surface area contributed by atoms with Crippen molar-refractivity contribution < 1.29 is 4.79 Å². The number of hydrogen-bond donors (Lipinski definition) is 1. The van der Waals surface area contributed by atoms with Crippen LogP contribution in [0, 0.1) is 20.8 Å². The van der Waals surface area contributed by atoms with Gasteiger partial charge in [0.25, 0.3) is 5.91 Å². The van der Waals surface area contributed by atoms with Gasteiger partial charge in [0.1, 0.15) is 0 Å². The predicted octanol–water partition coefficient (Wildman–Crippen LogP) is 3.39. The summed E-state index contributed by atoms with van der Waals surface area (Å²) in [6, 6.07) is 7.62. The summed E-state index contributed by atoms with van der Waals surface area (Å²) in [6.45, 7) is 7.40. The number of nitrogens with one attached hydrogen (secondary N) is 1. The van der Waals surface area contributed by atoms with Crippen molar-refractivity contribution in [2.75, 3.05) is 6.54 Å². The smallest absolute Gasteiger partial charge is 0.251 e. The predicted molar refractivity (Wildman–Crippen MR) is 87.5 cm³/mol. The lowest BCUT2D eigenvalue weighted by molar-refractivity contribution is 0.0952. The molecule has 0 saturated carbocycles. The van der Waals surface area contributed by atoms with Gasteiger partial charge in [0.2, 0.25) is 0 Å². The van der Waals surface area contributed by atoms with Crippen molar-refractivity contribution in [1.29, 1.82) is 0 Å². The summed E-state index contributed by atoms with van der Waals surface area (Å²) >= 11 is 3.52. The number of carbonyl (C=O) groups is 1. The Hall–Kier alpha value is -1.62. The van der Waals surface area contributed by atoms with Crippen molar-refractivity contribution >= 4 is 21.8 Å². The van der Waals surface area contributed by atoms with Gasteiger partial charge >= 0.3 is 0 Å². The van der Waals surface area contributed by atoms with Gasteiger partial charge in [-0.05, 0) is 54.8 Å². The molecule has 2 aromatic rings. The highest BCUT2D eigenvalue weighted by Gasteiger charge is 2.09. The molecule has 1 aromatic carbocycles. The highest BCUT2D eigenvalue weighted by Crippen LogP contribution is 2.19. The molecule has 0 bridgehead atoms. The minimum atomic E-state index is -0.0114. The first-order valence-electron chi connectivity index (χ1n) is 7.04. The number of rotatable bonds is 5. The molecule has 0 unspecified atom stereocenters. The van der Waals surface area contributed by atoms with Crippen molar-refractivity contribution in [1.82, 2.24) is 15.1 Å². The molecule has 0 aliphatic carbocycles. The van der Waals surface area contributed by atoms with E-state index in [9.17, 15) is 4.79 Å². The minimum Gasteiger partial charge on any atom is -0.352 e. The molecule has 21 heavy (non-hydrogen) atoms. The van der Waals surface area contributed by atoms with Crippen molar-refractivity contribution in [3.05, 3.63) is 51.3 Å². The third-order valence-corrected chi connectivity index (χ3v) is 4.66. The second-order valence-corrected chi connectivity index (χ2v) is 5.93. The molecule has 1 heterocycles. The molecular weight excluding hydrogens is 330 g/mol. The monoisotopic (exact) mass is 349 g/mol. The first kappa shape index (κ1) is 15.8. The summed E-state index contributed by atoms with van der Waals surface area (Å²) in [5.74, 6) is -0.0114. The van der Waals surface area contributed by atoms with Gasteiger partial charge in [-0.1, -0.05) is 18.2 Å². The van der Waals surface area contributed by atoms with E-state index in [0.29, 0.717) is 6.54 Å². The summed E-state index contributed by atoms with van der Waals surface area (Å²) in [5.41, 5.74) is 3.86. The minimum absolute atomic E-state index is 0.0114. The molecule has 1 N–H and O–H groups in total. The highest BCUT2D eigenvalue weighted by atomic mass is 79.9. The van der Waals surface area contributed by atoms with Gasteiger partial charge in [0.05, 0.1) is 10.2 Å². The zero-order chi connectivity index (χ0) is 15.4. The summed E-state index contributed by atoms with van der Waals surface area (Å²) in [6.07, 6.45) is 0.853. The molecule has 112 valence electrons. The number of aromatic nitrogens is 2. The molecule has 1 aromatic heterocycles. The number of nitrogens with zero attached hydrogens (tertiary/aromatic N) is 2. The molecule has 0 aliphatic rings. The van der Waals surface area contributed by atoms with E-state index < -0.39 is 0 Å². The number of aryl methyl sites for hydroxylation is 3. The van der Waals surface area contributed by atoms with E-state index in [4.69, 9.17) is 0 Å². The Bertz CT molecular complexity index is 649. The van der Waals surface area contributed by atoms with Gasteiger partial charge < -0.3 is 5.32 Å². The molecule has 2 rings (SSSR count). The van der Waals surface area contributed by atoms with Gasteiger partial charge in [0, 0.05) is 24.3 Å². The van der Waals surface area contributed by atoms with Crippen LogP contribution in [-0.2, 0) is 6.54 Å². The normalized spacial score (nSPS) is 10.7. The van der Waals surface area contributed by atoms with Gasteiger partial charge in [-0.3, -0.25) is 9.48 Å². The van der Waals surface area contributed by atoms with E-state index >= 15 is 0 Å². The van der Waals surface area contributed by atoms with Crippen LogP contribution in [0.3, 0.4) is 0 Å². The molecule has 1 amide bonds. The average molecular weight is 350 g/mol. The van der Waals surface area contributed by atoms with Crippen LogP contribution in [0.4, 0.5) is 0 Å². The largest absolute Gasteiger partial charge is 0.352 e. The van der Waals surface area contributed by atoms with Crippen molar-refractivity contribution in [3.8, 4) is 0 Å². The van der Waals surface area contributed by atoms with E-state index in [1.165, 1.54) is 0 Å². The molecule has 0 spiro atoms. The summed E-state index contributed by atoms with van der Waals surface area (Å²) in [7, 11) is 0. The molecule has 0 atom stereocenters. The van der Waals surface area contributed by atoms with Crippen LogP contribution in [0.2, 0.25) is 0 Å². The first-order valence-corrected chi connectivity index (χ1v) is 7.83. The lowest BCUT2D eigenvalue weighted by atomic mass is 10.1. The Balaban J connectivity index is 1.84. The number of amides is 1. The van der Waals surface area contributed by atoms with Gasteiger partial charge in [-0.25, -0.2) is 0 Å². The molecule has 4 nitrogen and oxygen atoms in total. The van der Waals surface area contributed by atoms with E-state index in [0.717, 1.165) is 40.0 Å². The maximum absolute atomic E-state index is 12.1. The Kier molecular flexibility index (Phi) is 5.17. The Morgan fingerprint density at radius 3 is 2.62 bits per heavy atom. The second kappa shape index (κ2) is 6.89. The SMILES string of the molecule is Cc1ccccc1C(=O)NCCCn1nc(C)c(Br)c1C. The Morgan fingerprint density at radius 2 is 2.00 bits per heavy atom. The van der Waals surface area contributed by atoms with E-state index in [-0.39, 0.29) is 5.91 Å². The topological polar surface area (TPSA) is 46.9 Å².